The number of carbonyl (C=O) groups excluding carboxylic acids is 2. The van der Waals surface area contributed by atoms with Crippen molar-refractivity contribution in [1.82, 2.24) is 20.1 Å². The Kier molecular flexibility index (Phi) is 13.0. The molecule has 1 aliphatic heterocycles. The minimum atomic E-state index is -4.48. The molecule has 238 valence electrons. The lowest BCUT2D eigenvalue weighted by molar-refractivity contribution is -0.138. The van der Waals surface area contributed by atoms with Crippen LogP contribution in [-0.2, 0) is 28.7 Å². The number of hydrogen-bond acceptors (Lipinski definition) is 5. The van der Waals surface area contributed by atoms with Gasteiger partial charge < -0.3 is 19.9 Å². The van der Waals surface area contributed by atoms with Crippen molar-refractivity contribution in [3.63, 3.8) is 0 Å². The second kappa shape index (κ2) is 16.2. The van der Waals surface area contributed by atoms with E-state index in [1.54, 1.807) is 36.1 Å². The minimum Gasteiger partial charge on any atom is -0.380 e. The number of hydrogen-bond donors (Lipinski definition) is 1. The van der Waals surface area contributed by atoms with Gasteiger partial charge in [-0.25, -0.2) is 0 Å². The normalized spacial score (nSPS) is 16.2. The fourth-order valence-corrected chi connectivity index (χ4v) is 5.96. The van der Waals surface area contributed by atoms with Crippen LogP contribution in [0.4, 0.5) is 13.2 Å². The van der Waals surface area contributed by atoms with Crippen molar-refractivity contribution >= 4 is 11.8 Å². The van der Waals surface area contributed by atoms with Crippen LogP contribution < -0.4 is 5.32 Å². The Balaban J connectivity index is 1.69. The Morgan fingerprint density at radius 1 is 1.16 bits per heavy atom. The number of ether oxygens (including phenoxy) is 1. The first kappa shape index (κ1) is 34.5. The van der Waals surface area contributed by atoms with Crippen molar-refractivity contribution in [3.05, 3.63) is 65.0 Å². The highest BCUT2D eigenvalue weighted by Crippen LogP contribution is 2.31. The van der Waals surface area contributed by atoms with Gasteiger partial charge in [0, 0.05) is 75.7 Å². The van der Waals surface area contributed by atoms with Gasteiger partial charge in [0.15, 0.2) is 0 Å². The molecule has 2 heterocycles. The molecule has 0 spiro atoms. The SMILES string of the molecule is CCC[C@H](N[C@@H](CCCN(C)C(=O)c1ccccc1)C[C@H](C)C(=O)N1CCc2ncc(C(F)(F)F)cc2C1)C(CC)OC. The predicted molar refractivity (Wildman–Crippen MR) is 161 cm³/mol. The van der Waals surface area contributed by atoms with Crippen LogP contribution in [-0.4, -0.2) is 72.0 Å². The molecule has 2 aromatic rings. The molecule has 0 bridgehead atoms. The number of alkyl halides is 3. The Morgan fingerprint density at radius 2 is 1.88 bits per heavy atom. The standard InChI is InChI=1S/C33H47F3N4O3/c1-6-12-29(30(7-2)43-5)38-27(15-11-17-39(4)32(42)24-13-9-8-10-14-24)19-23(3)31(41)40-18-16-28-25(22-40)20-26(21-37-28)33(34,35)36/h8-10,13-14,20-21,23,27,29-30,38H,6-7,11-12,15-19,22H2,1-5H3/t23-,27-,29-,30?/m0/s1. The number of halogens is 3. The van der Waals surface area contributed by atoms with E-state index in [1.165, 1.54) is 0 Å². The lowest BCUT2D eigenvalue weighted by atomic mass is 9.93. The van der Waals surface area contributed by atoms with Gasteiger partial charge in [-0.2, -0.15) is 13.2 Å². The number of fused-ring (bicyclic) bond motifs is 1. The summed E-state index contributed by atoms with van der Waals surface area (Å²) in [6, 6.07) is 10.4. The zero-order chi connectivity index (χ0) is 31.6. The third-order valence-electron chi connectivity index (χ3n) is 8.36. The molecular formula is C33H47F3N4O3. The molecule has 0 saturated heterocycles. The molecule has 0 radical (unpaired) electrons. The first-order valence-electron chi connectivity index (χ1n) is 15.4. The number of pyridine rings is 1. The largest absolute Gasteiger partial charge is 0.417 e. The van der Waals surface area contributed by atoms with Gasteiger partial charge in [0.05, 0.1) is 11.7 Å². The Labute approximate surface area is 254 Å². The summed E-state index contributed by atoms with van der Waals surface area (Å²) in [5, 5.41) is 3.79. The smallest absolute Gasteiger partial charge is 0.380 e. The summed E-state index contributed by atoms with van der Waals surface area (Å²) in [6.07, 6.45) is 1.69. The monoisotopic (exact) mass is 604 g/mol. The summed E-state index contributed by atoms with van der Waals surface area (Å²) in [7, 11) is 3.52. The third kappa shape index (κ3) is 9.76. The summed E-state index contributed by atoms with van der Waals surface area (Å²) in [6.45, 7) is 7.25. The van der Waals surface area contributed by atoms with Crippen LogP contribution in [0, 0.1) is 5.92 Å². The number of benzene rings is 1. The van der Waals surface area contributed by atoms with E-state index in [4.69, 9.17) is 4.74 Å². The van der Waals surface area contributed by atoms with Crippen LogP contribution >= 0.6 is 0 Å². The van der Waals surface area contributed by atoms with E-state index >= 15 is 0 Å². The van der Waals surface area contributed by atoms with Crippen LogP contribution in [0.25, 0.3) is 0 Å². The van der Waals surface area contributed by atoms with Crippen LogP contribution in [0.1, 0.15) is 86.5 Å². The van der Waals surface area contributed by atoms with Gasteiger partial charge in [-0.15, -0.1) is 0 Å². The number of methoxy groups -OCH3 is 1. The quantitative estimate of drug-likeness (QED) is 0.265. The molecular weight excluding hydrogens is 557 g/mol. The minimum absolute atomic E-state index is 0.00416. The lowest BCUT2D eigenvalue weighted by Crippen LogP contribution is -2.48. The van der Waals surface area contributed by atoms with Crippen molar-refractivity contribution in [1.29, 1.82) is 0 Å². The maximum atomic E-state index is 13.6. The van der Waals surface area contributed by atoms with Crippen LogP contribution in [0.2, 0.25) is 0 Å². The summed E-state index contributed by atoms with van der Waals surface area (Å²) in [5.74, 6) is -0.444. The molecule has 1 N–H and O–H groups in total. The molecule has 0 aliphatic carbocycles. The second-order valence-electron chi connectivity index (χ2n) is 11.7. The van der Waals surface area contributed by atoms with Gasteiger partial charge in [-0.05, 0) is 55.9 Å². The number of nitrogens with one attached hydrogen (secondary N) is 1. The molecule has 0 fully saturated rings. The van der Waals surface area contributed by atoms with E-state index < -0.39 is 11.7 Å². The maximum absolute atomic E-state index is 13.6. The molecule has 1 unspecified atom stereocenters. The molecule has 7 nitrogen and oxygen atoms in total. The number of amides is 2. The van der Waals surface area contributed by atoms with Crippen LogP contribution in [0.15, 0.2) is 42.6 Å². The predicted octanol–water partition coefficient (Wildman–Crippen LogP) is 6.12. The van der Waals surface area contributed by atoms with Gasteiger partial charge in [0.25, 0.3) is 5.91 Å². The summed E-state index contributed by atoms with van der Waals surface area (Å²) < 4.78 is 45.6. The lowest BCUT2D eigenvalue weighted by Gasteiger charge is -2.34. The highest BCUT2D eigenvalue weighted by molar-refractivity contribution is 5.93. The van der Waals surface area contributed by atoms with Gasteiger partial charge >= 0.3 is 6.18 Å². The second-order valence-corrected chi connectivity index (χ2v) is 11.7. The average Bonchev–Trinajstić information content (AvgIpc) is 3.00. The van der Waals surface area contributed by atoms with Crippen molar-refractivity contribution < 1.29 is 27.5 Å². The maximum Gasteiger partial charge on any atom is 0.417 e. The first-order valence-corrected chi connectivity index (χ1v) is 15.4. The Morgan fingerprint density at radius 3 is 2.51 bits per heavy atom. The number of rotatable bonds is 15. The summed E-state index contributed by atoms with van der Waals surface area (Å²) in [5.41, 5.74) is 0.926. The highest BCUT2D eigenvalue weighted by atomic mass is 19.4. The number of aromatic nitrogens is 1. The van der Waals surface area contributed by atoms with Gasteiger partial charge in [0.1, 0.15) is 0 Å². The summed E-state index contributed by atoms with van der Waals surface area (Å²) >= 11 is 0. The van der Waals surface area contributed by atoms with Crippen LogP contribution in [0.5, 0.6) is 0 Å². The Hall–Kier alpha value is -2.98. The van der Waals surface area contributed by atoms with E-state index in [0.29, 0.717) is 42.8 Å². The molecule has 1 aliphatic rings. The fraction of sp³-hybridized carbons (Fsp3) is 0.606. The van der Waals surface area contributed by atoms with E-state index in [0.717, 1.165) is 44.4 Å². The number of carbonyl (C=O) groups is 2. The van der Waals surface area contributed by atoms with Crippen molar-refractivity contribution in [3.8, 4) is 0 Å². The zero-order valence-electron chi connectivity index (χ0n) is 26.1. The molecule has 3 rings (SSSR count). The molecule has 43 heavy (non-hydrogen) atoms. The number of nitrogens with zero attached hydrogens (tertiary/aromatic N) is 3. The third-order valence-corrected chi connectivity index (χ3v) is 8.36. The van der Waals surface area contributed by atoms with Crippen molar-refractivity contribution in [2.45, 2.75) is 96.6 Å². The highest BCUT2D eigenvalue weighted by Gasteiger charge is 2.34. The van der Waals surface area contributed by atoms with E-state index in [9.17, 15) is 22.8 Å². The molecule has 2 amide bonds. The molecule has 10 heteroatoms. The van der Waals surface area contributed by atoms with E-state index in [-0.39, 0.29) is 42.5 Å². The summed E-state index contributed by atoms with van der Waals surface area (Å²) in [4.78, 5) is 33.8. The van der Waals surface area contributed by atoms with Crippen LogP contribution in [0.3, 0.4) is 0 Å². The van der Waals surface area contributed by atoms with E-state index in [1.807, 2.05) is 25.1 Å². The first-order chi connectivity index (χ1) is 20.5. The molecule has 4 atom stereocenters. The molecule has 1 aromatic carbocycles. The van der Waals surface area contributed by atoms with Gasteiger partial charge in [0.2, 0.25) is 5.91 Å². The van der Waals surface area contributed by atoms with Crippen molar-refractivity contribution in [2.24, 2.45) is 5.92 Å². The zero-order valence-corrected chi connectivity index (χ0v) is 26.1. The van der Waals surface area contributed by atoms with Gasteiger partial charge in [-0.1, -0.05) is 45.4 Å². The van der Waals surface area contributed by atoms with E-state index in [2.05, 4.69) is 24.1 Å². The fourth-order valence-electron chi connectivity index (χ4n) is 5.96. The molecule has 0 saturated carbocycles. The molecule has 1 aromatic heterocycles. The Bertz CT molecular complexity index is 1170. The topological polar surface area (TPSA) is 74.8 Å². The average molecular weight is 605 g/mol. The van der Waals surface area contributed by atoms with Gasteiger partial charge in [-0.3, -0.25) is 14.6 Å². The van der Waals surface area contributed by atoms with Crippen molar-refractivity contribution in [2.75, 3.05) is 27.2 Å².